The summed E-state index contributed by atoms with van der Waals surface area (Å²) in [6.07, 6.45) is 0.391. The van der Waals surface area contributed by atoms with Gasteiger partial charge in [-0.25, -0.2) is 4.39 Å². The minimum Gasteiger partial charge on any atom is -0.333 e. The van der Waals surface area contributed by atoms with Crippen LogP contribution in [0.1, 0.15) is 0 Å². The van der Waals surface area contributed by atoms with Gasteiger partial charge in [-0.3, -0.25) is 4.79 Å². The Kier molecular flexibility index (Phi) is 3.43. The molecule has 2 nitrogen and oxygen atoms in total. The van der Waals surface area contributed by atoms with Crippen molar-refractivity contribution in [3.63, 3.8) is 0 Å². The first-order valence-electron chi connectivity index (χ1n) is 2.32. The minimum atomic E-state index is -1.10. The average Bonchev–Trinajstić information content (AvgIpc) is 1.67. The minimum absolute atomic E-state index is 0.391. The monoisotopic (exact) mass is 134 g/mol. The van der Waals surface area contributed by atoms with Gasteiger partial charge >= 0.3 is 0 Å². The molecule has 4 heteroatoms. The van der Waals surface area contributed by atoms with Crippen LogP contribution < -0.4 is 5.32 Å². The van der Waals surface area contributed by atoms with E-state index in [1.807, 2.05) is 5.32 Å². The zero-order valence-electron chi connectivity index (χ0n) is 4.94. The summed E-state index contributed by atoms with van der Waals surface area (Å²) in [5, 5.41) is 2.04. The van der Waals surface area contributed by atoms with Crippen molar-refractivity contribution in [3.05, 3.63) is 0 Å². The molecule has 0 aliphatic carbocycles. The Morgan fingerprint density at radius 1 is 1.75 bits per heavy atom. The summed E-state index contributed by atoms with van der Waals surface area (Å²) in [6.45, 7) is 3.59. The molecule has 0 bridgehead atoms. The van der Waals surface area contributed by atoms with E-state index in [0.717, 1.165) is 0 Å². The Hall–Kier alpha value is -0.383. The van der Waals surface area contributed by atoms with Crippen molar-refractivity contribution in [1.29, 1.82) is 0 Å². The average molecular weight is 134 g/mol. The Labute approximate surface area is 49.7 Å². The van der Waals surface area contributed by atoms with E-state index in [1.165, 1.54) is 0 Å². The van der Waals surface area contributed by atoms with Crippen LogP contribution in [0.15, 0.2) is 0 Å². The summed E-state index contributed by atoms with van der Waals surface area (Å²) < 4.78 is 12.2. The fraction of sp³-hybridized carbons (Fsp3) is 0.750. The van der Waals surface area contributed by atoms with E-state index >= 15 is 0 Å². The molecule has 0 rings (SSSR count). The number of rotatable bonds is 3. The molecule has 0 aliphatic heterocycles. The summed E-state index contributed by atoms with van der Waals surface area (Å²) >= 11 is 0. The SMILES string of the molecule is C[Si](C)C(F)NC=O. The van der Waals surface area contributed by atoms with Gasteiger partial charge in [0, 0.05) is 0 Å². The summed E-state index contributed by atoms with van der Waals surface area (Å²) in [5.41, 5.74) is 0. The summed E-state index contributed by atoms with van der Waals surface area (Å²) in [5.74, 6) is -1.10. The van der Waals surface area contributed by atoms with E-state index in [-0.39, 0.29) is 0 Å². The highest BCUT2D eigenvalue weighted by Crippen LogP contribution is 1.89. The summed E-state index contributed by atoms with van der Waals surface area (Å²) in [6, 6.07) is 0. The topological polar surface area (TPSA) is 29.1 Å². The van der Waals surface area contributed by atoms with Crippen LogP contribution in [0, 0.1) is 0 Å². The van der Waals surface area contributed by atoms with Crippen LogP contribution in [0.3, 0.4) is 0 Å². The third-order valence-electron chi connectivity index (χ3n) is 0.721. The largest absolute Gasteiger partial charge is 0.333 e. The van der Waals surface area contributed by atoms with Crippen LogP contribution in [0.5, 0.6) is 0 Å². The molecule has 0 saturated carbocycles. The smallest absolute Gasteiger partial charge is 0.209 e. The molecule has 1 N–H and O–H groups in total. The lowest BCUT2D eigenvalue weighted by Gasteiger charge is -2.06. The molecule has 0 saturated heterocycles. The van der Waals surface area contributed by atoms with E-state index in [9.17, 15) is 9.18 Å². The lowest BCUT2D eigenvalue weighted by atomic mass is 11.2. The first kappa shape index (κ1) is 7.62. The number of nitrogens with one attached hydrogen (secondary N) is 1. The first-order valence-corrected chi connectivity index (χ1v) is 4.90. The summed E-state index contributed by atoms with van der Waals surface area (Å²) in [4.78, 5) is 9.58. The fourth-order valence-electron chi connectivity index (χ4n) is 0.226. The molecule has 0 spiro atoms. The van der Waals surface area contributed by atoms with Gasteiger partial charge in [0.05, 0.1) is 0 Å². The van der Waals surface area contributed by atoms with Gasteiger partial charge in [-0.2, -0.15) is 0 Å². The third kappa shape index (κ3) is 2.73. The highest BCUT2D eigenvalue weighted by Gasteiger charge is 2.09. The quantitative estimate of drug-likeness (QED) is 0.336. The normalized spacial score (nSPS) is 13.5. The maximum absolute atomic E-state index is 12.2. The van der Waals surface area contributed by atoms with Gasteiger partial charge in [-0.05, 0) is 0 Å². The summed E-state index contributed by atoms with van der Waals surface area (Å²) in [7, 11) is -0.984. The van der Waals surface area contributed by atoms with E-state index in [4.69, 9.17) is 0 Å². The van der Waals surface area contributed by atoms with E-state index in [0.29, 0.717) is 6.41 Å². The number of alkyl halides is 1. The van der Waals surface area contributed by atoms with Crippen LogP contribution in [0.25, 0.3) is 0 Å². The van der Waals surface area contributed by atoms with Gasteiger partial charge in [-0.1, -0.05) is 13.1 Å². The van der Waals surface area contributed by atoms with Gasteiger partial charge in [0.2, 0.25) is 6.41 Å². The van der Waals surface area contributed by atoms with Gasteiger partial charge < -0.3 is 5.32 Å². The molecule has 0 aromatic heterocycles. The molecule has 1 atom stereocenters. The fourth-order valence-corrected chi connectivity index (χ4v) is 0.628. The van der Waals surface area contributed by atoms with Crippen LogP contribution in [-0.2, 0) is 4.79 Å². The third-order valence-corrected chi connectivity index (χ3v) is 1.90. The first-order chi connectivity index (χ1) is 3.68. The molecule has 0 heterocycles. The van der Waals surface area contributed by atoms with Crippen molar-refractivity contribution in [2.75, 3.05) is 0 Å². The Morgan fingerprint density at radius 2 is 2.25 bits per heavy atom. The number of carbonyl (C=O) groups is 1. The number of amides is 1. The number of hydrogen-bond donors (Lipinski definition) is 1. The predicted octanol–water partition coefficient (Wildman–Crippen LogP) is 0.322. The highest BCUT2D eigenvalue weighted by atomic mass is 28.3. The maximum atomic E-state index is 12.2. The van der Waals surface area contributed by atoms with Crippen LogP contribution in [0.2, 0.25) is 13.1 Å². The van der Waals surface area contributed by atoms with Crippen LogP contribution in [-0.4, -0.2) is 21.1 Å². The van der Waals surface area contributed by atoms with Crippen LogP contribution >= 0.6 is 0 Å². The van der Waals surface area contributed by atoms with Gasteiger partial charge in [0.15, 0.2) is 5.92 Å². The second-order valence-electron chi connectivity index (χ2n) is 1.72. The molecule has 8 heavy (non-hydrogen) atoms. The molecular formula is C4H9FNOSi. The van der Waals surface area contributed by atoms with Crippen molar-refractivity contribution in [2.24, 2.45) is 0 Å². The molecule has 0 aromatic carbocycles. The van der Waals surface area contributed by atoms with Gasteiger partial charge in [0.25, 0.3) is 0 Å². The lowest BCUT2D eigenvalue weighted by molar-refractivity contribution is -0.110. The zero-order valence-corrected chi connectivity index (χ0v) is 5.94. The van der Waals surface area contributed by atoms with Crippen molar-refractivity contribution < 1.29 is 9.18 Å². The van der Waals surface area contributed by atoms with Gasteiger partial charge in [-0.15, -0.1) is 0 Å². The zero-order chi connectivity index (χ0) is 6.57. The van der Waals surface area contributed by atoms with E-state index in [1.54, 1.807) is 13.1 Å². The second-order valence-corrected chi connectivity index (χ2v) is 4.39. The Bertz CT molecular complexity index is 78.4. The van der Waals surface area contributed by atoms with Gasteiger partial charge in [0.1, 0.15) is 8.80 Å². The molecule has 1 radical (unpaired) electrons. The standard InChI is InChI=1S/C4H9FNOSi/c1-8(2)4(5)6-3-7/h3-4H,1-2H3,(H,6,7). The maximum Gasteiger partial charge on any atom is 0.209 e. The molecular weight excluding hydrogens is 125 g/mol. The Balaban J connectivity index is 3.30. The molecule has 1 amide bonds. The molecule has 0 aliphatic rings. The molecule has 0 aromatic rings. The molecule has 0 fully saturated rings. The Morgan fingerprint density at radius 3 is 2.38 bits per heavy atom. The molecule has 1 unspecified atom stereocenters. The predicted molar refractivity (Wildman–Crippen MR) is 31.6 cm³/mol. The van der Waals surface area contributed by atoms with E-state index in [2.05, 4.69) is 0 Å². The van der Waals surface area contributed by atoms with Crippen LogP contribution in [0.4, 0.5) is 4.39 Å². The van der Waals surface area contributed by atoms with Crippen molar-refractivity contribution >= 4 is 15.2 Å². The van der Waals surface area contributed by atoms with Crippen molar-refractivity contribution in [1.82, 2.24) is 5.32 Å². The van der Waals surface area contributed by atoms with E-state index < -0.39 is 14.7 Å². The number of carbonyl (C=O) groups excluding carboxylic acids is 1. The highest BCUT2D eigenvalue weighted by molar-refractivity contribution is 6.57. The molecule has 47 valence electrons. The van der Waals surface area contributed by atoms with Crippen molar-refractivity contribution in [3.8, 4) is 0 Å². The lowest BCUT2D eigenvalue weighted by Crippen LogP contribution is -2.34. The van der Waals surface area contributed by atoms with Crippen molar-refractivity contribution in [2.45, 2.75) is 19.0 Å². The second kappa shape index (κ2) is 3.60. The number of halogens is 1. The number of hydrogen-bond acceptors (Lipinski definition) is 1.